The molecule has 0 amide bonds. The number of ether oxygens (including phenoxy) is 1. The van der Waals surface area contributed by atoms with Crippen molar-refractivity contribution < 1.29 is 4.74 Å². The van der Waals surface area contributed by atoms with Crippen LogP contribution in [-0.2, 0) is 6.42 Å². The Morgan fingerprint density at radius 1 is 1.47 bits per heavy atom. The van der Waals surface area contributed by atoms with Gasteiger partial charge in [-0.3, -0.25) is 0 Å². The number of hydrogen-bond donors (Lipinski definition) is 2. The Morgan fingerprint density at radius 2 is 2.41 bits per heavy atom. The third-order valence-corrected chi connectivity index (χ3v) is 3.20. The number of rotatable bonds is 3. The number of nitrogens with one attached hydrogen (secondary N) is 1. The summed E-state index contributed by atoms with van der Waals surface area (Å²) in [5.41, 5.74) is 8.32. The van der Waals surface area contributed by atoms with E-state index in [0.717, 1.165) is 24.6 Å². The lowest BCUT2D eigenvalue weighted by molar-refractivity contribution is 0.357. The molecule has 4 nitrogen and oxygen atoms in total. The molecule has 2 aromatic rings. The summed E-state index contributed by atoms with van der Waals surface area (Å²) in [6.07, 6.45) is 4.57. The summed E-state index contributed by atoms with van der Waals surface area (Å²) in [5.74, 6) is 2.06. The van der Waals surface area contributed by atoms with Crippen LogP contribution in [0.25, 0.3) is 0 Å². The number of fused-ring (bicyclic) bond motifs is 1. The molecule has 3 N–H and O–H groups in total. The van der Waals surface area contributed by atoms with Gasteiger partial charge in [-0.05, 0) is 17.2 Å². The molecule has 1 aliphatic rings. The van der Waals surface area contributed by atoms with Gasteiger partial charge in [0.05, 0.1) is 12.5 Å². The van der Waals surface area contributed by atoms with E-state index in [2.05, 4.69) is 22.1 Å². The molecular weight excluding hydrogens is 214 g/mol. The van der Waals surface area contributed by atoms with Gasteiger partial charge in [0.25, 0.3) is 0 Å². The van der Waals surface area contributed by atoms with Crippen molar-refractivity contribution in [3.63, 3.8) is 0 Å². The van der Waals surface area contributed by atoms with E-state index >= 15 is 0 Å². The van der Waals surface area contributed by atoms with Gasteiger partial charge in [-0.15, -0.1) is 0 Å². The Bertz CT molecular complexity index is 507. The molecule has 4 heteroatoms. The van der Waals surface area contributed by atoms with Gasteiger partial charge in [0.15, 0.2) is 0 Å². The summed E-state index contributed by atoms with van der Waals surface area (Å²) in [4.78, 5) is 7.42. The predicted octanol–water partition coefficient (Wildman–Crippen LogP) is 1.44. The second kappa shape index (κ2) is 4.22. The Kier molecular flexibility index (Phi) is 2.57. The fourth-order valence-electron chi connectivity index (χ4n) is 2.30. The van der Waals surface area contributed by atoms with Crippen molar-refractivity contribution in [2.45, 2.75) is 12.3 Å². The van der Waals surface area contributed by atoms with E-state index in [1.807, 2.05) is 12.3 Å². The van der Waals surface area contributed by atoms with Crippen molar-refractivity contribution in [1.29, 1.82) is 0 Å². The van der Waals surface area contributed by atoms with Crippen LogP contribution in [0.15, 0.2) is 30.6 Å². The Balaban J connectivity index is 1.97. The number of H-pyrrole nitrogens is 1. The van der Waals surface area contributed by atoms with Crippen LogP contribution in [0.3, 0.4) is 0 Å². The lowest BCUT2D eigenvalue weighted by Crippen LogP contribution is -2.15. The molecule has 17 heavy (non-hydrogen) atoms. The van der Waals surface area contributed by atoms with Crippen LogP contribution in [-0.4, -0.2) is 23.1 Å². The number of aromatic nitrogens is 2. The highest BCUT2D eigenvalue weighted by Gasteiger charge is 2.18. The first-order valence-electron chi connectivity index (χ1n) is 5.83. The lowest BCUT2D eigenvalue weighted by atomic mass is 9.96. The van der Waals surface area contributed by atoms with Crippen LogP contribution in [0, 0.1) is 0 Å². The van der Waals surface area contributed by atoms with Crippen LogP contribution in [0.4, 0.5) is 0 Å². The van der Waals surface area contributed by atoms with E-state index in [1.165, 1.54) is 11.1 Å². The molecule has 3 rings (SSSR count). The van der Waals surface area contributed by atoms with Crippen molar-refractivity contribution in [2.24, 2.45) is 5.73 Å². The molecule has 0 spiro atoms. The maximum atomic E-state index is 5.85. The minimum atomic E-state index is 0.135. The summed E-state index contributed by atoms with van der Waals surface area (Å²) in [6.45, 7) is 1.33. The minimum Gasteiger partial charge on any atom is -0.493 e. The average molecular weight is 229 g/mol. The molecule has 1 aromatic carbocycles. The van der Waals surface area contributed by atoms with E-state index in [4.69, 9.17) is 10.5 Å². The van der Waals surface area contributed by atoms with E-state index in [0.29, 0.717) is 6.54 Å². The minimum absolute atomic E-state index is 0.135. The smallest absolute Gasteiger partial charge is 0.122 e. The number of benzene rings is 1. The zero-order valence-electron chi connectivity index (χ0n) is 9.52. The predicted molar refractivity (Wildman–Crippen MR) is 65.1 cm³/mol. The van der Waals surface area contributed by atoms with Crippen LogP contribution in [0.2, 0.25) is 0 Å². The monoisotopic (exact) mass is 229 g/mol. The molecule has 0 bridgehead atoms. The third kappa shape index (κ3) is 1.80. The van der Waals surface area contributed by atoms with Gasteiger partial charge in [-0.2, -0.15) is 0 Å². The zero-order chi connectivity index (χ0) is 11.7. The van der Waals surface area contributed by atoms with Gasteiger partial charge in [-0.25, -0.2) is 4.98 Å². The molecule has 0 radical (unpaired) electrons. The van der Waals surface area contributed by atoms with Crippen molar-refractivity contribution >= 4 is 0 Å². The number of hydrogen-bond acceptors (Lipinski definition) is 3. The molecule has 0 saturated heterocycles. The van der Waals surface area contributed by atoms with Crippen LogP contribution >= 0.6 is 0 Å². The van der Waals surface area contributed by atoms with Crippen molar-refractivity contribution in [3.05, 3.63) is 47.5 Å². The number of imidazole rings is 1. The SMILES string of the molecule is NCC(c1ccc2c(c1)CCO2)c1ncc[nH]1. The summed E-state index contributed by atoms with van der Waals surface area (Å²) >= 11 is 0. The van der Waals surface area contributed by atoms with Crippen LogP contribution < -0.4 is 10.5 Å². The molecule has 0 fully saturated rings. The van der Waals surface area contributed by atoms with Crippen molar-refractivity contribution in [2.75, 3.05) is 13.2 Å². The quantitative estimate of drug-likeness (QED) is 0.837. The second-order valence-corrected chi connectivity index (χ2v) is 4.23. The summed E-state index contributed by atoms with van der Waals surface area (Å²) < 4.78 is 5.50. The Labute approximate surface area is 99.8 Å². The van der Waals surface area contributed by atoms with E-state index < -0.39 is 0 Å². The van der Waals surface area contributed by atoms with Gasteiger partial charge in [0.1, 0.15) is 11.6 Å². The van der Waals surface area contributed by atoms with Gasteiger partial charge < -0.3 is 15.5 Å². The first-order valence-corrected chi connectivity index (χ1v) is 5.83. The fraction of sp³-hybridized carbons (Fsp3) is 0.308. The number of aromatic amines is 1. The molecule has 1 aliphatic heterocycles. The van der Waals surface area contributed by atoms with Crippen molar-refractivity contribution in [3.8, 4) is 5.75 Å². The van der Waals surface area contributed by atoms with E-state index in [1.54, 1.807) is 6.20 Å². The van der Waals surface area contributed by atoms with Gasteiger partial charge in [0.2, 0.25) is 0 Å². The first kappa shape index (κ1) is 10.4. The maximum Gasteiger partial charge on any atom is 0.122 e. The summed E-state index contributed by atoms with van der Waals surface area (Å²) in [6, 6.07) is 6.29. The lowest BCUT2D eigenvalue weighted by Gasteiger charge is -2.13. The van der Waals surface area contributed by atoms with Gasteiger partial charge in [0, 0.05) is 25.4 Å². The van der Waals surface area contributed by atoms with Crippen LogP contribution in [0.5, 0.6) is 5.75 Å². The Hall–Kier alpha value is -1.81. The molecule has 1 unspecified atom stereocenters. The highest BCUT2D eigenvalue weighted by atomic mass is 16.5. The molecule has 1 aromatic heterocycles. The van der Waals surface area contributed by atoms with Crippen LogP contribution in [0.1, 0.15) is 22.9 Å². The van der Waals surface area contributed by atoms with Crippen molar-refractivity contribution in [1.82, 2.24) is 9.97 Å². The van der Waals surface area contributed by atoms with Gasteiger partial charge in [-0.1, -0.05) is 12.1 Å². The standard InChI is InChI=1S/C13H15N3O/c14-8-11(13-15-4-5-16-13)9-1-2-12-10(7-9)3-6-17-12/h1-2,4-5,7,11H,3,6,8,14H2,(H,15,16). The number of nitrogens with two attached hydrogens (primary N) is 1. The first-order chi connectivity index (χ1) is 8.38. The highest BCUT2D eigenvalue weighted by molar-refractivity contribution is 5.42. The topological polar surface area (TPSA) is 63.9 Å². The van der Waals surface area contributed by atoms with Gasteiger partial charge >= 0.3 is 0 Å². The summed E-state index contributed by atoms with van der Waals surface area (Å²) in [5, 5.41) is 0. The highest BCUT2D eigenvalue weighted by Crippen LogP contribution is 2.30. The molecular formula is C13H15N3O. The molecule has 88 valence electrons. The average Bonchev–Trinajstić information content (AvgIpc) is 2.99. The largest absolute Gasteiger partial charge is 0.493 e. The normalized spacial score (nSPS) is 15.4. The fourth-order valence-corrected chi connectivity index (χ4v) is 2.30. The summed E-state index contributed by atoms with van der Waals surface area (Å²) in [7, 11) is 0. The molecule has 2 heterocycles. The van der Waals surface area contributed by atoms with E-state index in [-0.39, 0.29) is 5.92 Å². The molecule has 0 aliphatic carbocycles. The van der Waals surface area contributed by atoms with E-state index in [9.17, 15) is 0 Å². The molecule has 0 saturated carbocycles. The second-order valence-electron chi connectivity index (χ2n) is 4.23. The molecule has 1 atom stereocenters. The Morgan fingerprint density at radius 3 is 3.18 bits per heavy atom. The number of nitrogens with zero attached hydrogens (tertiary/aromatic N) is 1. The zero-order valence-corrected chi connectivity index (χ0v) is 9.52. The third-order valence-electron chi connectivity index (χ3n) is 3.20. The maximum absolute atomic E-state index is 5.85.